The summed E-state index contributed by atoms with van der Waals surface area (Å²) in [6.07, 6.45) is 18.9. The molecule has 0 aliphatic rings. The first-order chi connectivity index (χ1) is 11.0. The SMILES string of the molecule is C/C=C\c1c(/C=C\C(C)CC)c(C(C)/C=C\C)n(C)c1/C=C\C. The molecular formula is C22H33N. The van der Waals surface area contributed by atoms with Crippen LogP contribution in [-0.2, 0) is 7.05 Å². The molecule has 0 aliphatic heterocycles. The molecule has 1 heterocycles. The second kappa shape index (κ2) is 9.39. The minimum Gasteiger partial charge on any atom is -0.347 e. The summed E-state index contributed by atoms with van der Waals surface area (Å²) >= 11 is 0. The highest BCUT2D eigenvalue weighted by Gasteiger charge is 2.19. The van der Waals surface area contributed by atoms with Gasteiger partial charge in [-0.3, -0.25) is 0 Å². The van der Waals surface area contributed by atoms with E-state index in [9.17, 15) is 0 Å². The van der Waals surface area contributed by atoms with Gasteiger partial charge in [-0.1, -0.05) is 69.7 Å². The molecule has 1 aromatic heterocycles. The van der Waals surface area contributed by atoms with Crippen molar-refractivity contribution in [2.75, 3.05) is 0 Å². The van der Waals surface area contributed by atoms with Crippen LogP contribution in [0.4, 0.5) is 0 Å². The summed E-state index contributed by atoms with van der Waals surface area (Å²) in [7, 11) is 2.18. The molecule has 1 heteroatoms. The van der Waals surface area contributed by atoms with Gasteiger partial charge >= 0.3 is 0 Å². The predicted octanol–water partition coefficient (Wildman–Crippen LogP) is 6.83. The van der Waals surface area contributed by atoms with E-state index in [1.165, 1.54) is 28.9 Å². The van der Waals surface area contributed by atoms with E-state index in [0.29, 0.717) is 11.8 Å². The Morgan fingerprint density at radius 1 is 0.870 bits per heavy atom. The predicted molar refractivity (Wildman–Crippen MR) is 107 cm³/mol. The molecule has 0 radical (unpaired) electrons. The zero-order chi connectivity index (χ0) is 17.4. The lowest BCUT2D eigenvalue weighted by molar-refractivity contribution is 0.701. The van der Waals surface area contributed by atoms with Crippen LogP contribution in [0.25, 0.3) is 18.2 Å². The van der Waals surface area contributed by atoms with Crippen LogP contribution < -0.4 is 0 Å². The Morgan fingerprint density at radius 3 is 2.04 bits per heavy atom. The largest absolute Gasteiger partial charge is 0.347 e. The average Bonchev–Trinajstić information content (AvgIpc) is 2.78. The lowest BCUT2D eigenvalue weighted by Gasteiger charge is -2.12. The fraction of sp³-hybridized carbons (Fsp3) is 0.455. The molecule has 0 spiro atoms. The van der Waals surface area contributed by atoms with Crippen molar-refractivity contribution in [3.05, 3.63) is 52.9 Å². The topological polar surface area (TPSA) is 4.93 Å². The highest BCUT2D eigenvalue weighted by Crippen LogP contribution is 2.32. The molecule has 0 amide bonds. The summed E-state index contributed by atoms with van der Waals surface area (Å²) in [6.45, 7) is 13.0. The zero-order valence-corrected chi connectivity index (χ0v) is 15.9. The minimum absolute atomic E-state index is 0.393. The Morgan fingerprint density at radius 2 is 1.52 bits per heavy atom. The van der Waals surface area contributed by atoms with Gasteiger partial charge in [-0.15, -0.1) is 0 Å². The molecule has 1 rings (SSSR count). The molecule has 2 unspecified atom stereocenters. The molecule has 126 valence electrons. The van der Waals surface area contributed by atoms with E-state index < -0.39 is 0 Å². The van der Waals surface area contributed by atoms with E-state index in [0.717, 1.165) is 0 Å². The quantitative estimate of drug-likeness (QED) is 0.486. The number of hydrogen-bond acceptors (Lipinski definition) is 0. The van der Waals surface area contributed by atoms with Gasteiger partial charge in [0, 0.05) is 35.5 Å². The molecule has 0 fully saturated rings. The van der Waals surface area contributed by atoms with Crippen LogP contribution in [0.3, 0.4) is 0 Å². The van der Waals surface area contributed by atoms with Gasteiger partial charge in [0.15, 0.2) is 0 Å². The number of nitrogens with zero attached hydrogens (tertiary/aromatic N) is 1. The summed E-state index contributed by atoms with van der Waals surface area (Å²) in [5.41, 5.74) is 5.33. The normalized spacial score (nSPS) is 15.6. The van der Waals surface area contributed by atoms with Crippen LogP contribution in [0.5, 0.6) is 0 Å². The Hall–Kier alpha value is -1.76. The van der Waals surface area contributed by atoms with Crippen molar-refractivity contribution in [1.82, 2.24) is 4.57 Å². The summed E-state index contributed by atoms with van der Waals surface area (Å²) in [5, 5.41) is 0. The number of hydrogen-bond donors (Lipinski definition) is 0. The number of allylic oxidation sites excluding steroid dienone is 5. The Balaban J connectivity index is 3.64. The first-order valence-corrected chi connectivity index (χ1v) is 8.80. The molecule has 0 saturated heterocycles. The fourth-order valence-corrected chi connectivity index (χ4v) is 2.97. The number of aromatic nitrogens is 1. The first kappa shape index (κ1) is 19.3. The van der Waals surface area contributed by atoms with E-state index in [-0.39, 0.29) is 0 Å². The molecule has 0 bridgehead atoms. The maximum absolute atomic E-state index is 2.34. The van der Waals surface area contributed by atoms with Gasteiger partial charge in [0.25, 0.3) is 0 Å². The molecular weight excluding hydrogens is 278 g/mol. The van der Waals surface area contributed by atoms with E-state index in [4.69, 9.17) is 0 Å². The van der Waals surface area contributed by atoms with Gasteiger partial charge in [0.1, 0.15) is 0 Å². The van der Waals surface area contributed by atoms with Crippen LogP contribution in [0.2, 0.25) is 0 Å². The highest BCUT2D eigenvalue weighted by molar-refractivity contribution is 5.76. The average molecular weight is 312 g/mol. The highest BCUT2D eigenvalue weighted by atomic mass is 15.0. The third kappa shape index (κ3) is 4.60. The van der Waals surface area contributed by atoms with Crippen molar-refractivity contribution in [3.63, 3.8) is 0 Å². The van der Waals surface area contributed by atoms with Gasteiger partial charge in [0.05, 0.1) is 0 Å². The molecule has 0 N–H and O–H groups in total. The summed E-state index contributed by atoms with van der Waals surface area (Å²) in [6, 6.07) is 0. The van der Waals surface area contributed by atoms with Gasteiger partial charge in [-0.2, -0.15) is 0 Å². The fourth-order valence-electron chi connectivity index (χ4n) is 2.97. The second-order valence-corrected chi connectivity index (χ2v) is 6.22. The maximum Gasteiger partial charge on any atom is 0.0482 e. The molecule has 0 aromatic carbocycles. The van der Waals surface area contributed by atoms with Crippen molar-refractivity contribution >= 4 is 18.2 Å². The lowest BCUT2D eigenvalue weighted by atomic mass is 9.97. The van der Waals surface area contributed by atoms with Gasteiger partial charge in [-0.05, 0) is 32.8 Å². The first-order valence-electron chi connectivity index (χ1n) is 8.80. The van der Waals surface area contributed by atoms with Crippen molar-refractivity contribution in [2.24, 2.45) is 13.0 Å². The third-order valence-electron chi connectivity index (χ3n) is 4.37. The van der Waals surface area contributed by atoms with Crippen molar-refractivity contribution in [1.29, 1.82) is 0 Å². The Labute approximate surface area is 143 Å². The standard InChI is InChI=1S/C22H33N/c1-8-12-18(6)22-20(16-15-17(5)11-4)19(13-9-2)21(14-10-3)23(22)7/h8-10,12-18H,11H2,1-7H3/b12-8-,13-9-,14-10-,16-15-. The van der Waals surface area contributed by atoms with E-state index in [1.54, 1.807) is 0 Å². The second-order valence-electron chi connectivity index (χ2n) is 6.22. The monoisotopic (exact) mass is 311 g/mol. The molecule has 0 saturated carbocycles. The van der Waals surface area contributed by atoms with Crippen LogP contribution in [0.1, 0.15) is 76.4 Å². The van der Waals surface area contributed by atoms with Crippen LogP contribution in [-0.4, -0.2) is 4.57 Å². The maximum atomic E-state index is 2.34. The van der Waals surface area contributed by atoms with Gasteiger partial charge in [-0.25, -0.2) is 0 Å². The number of rotatable bonds is 7. The summed E-state index contributed by atoms with van der Waals surface area (Å²) < 4.78 is 2.34. The third-order valence-corrected chi connectivity index (χ3v) is 4.37. The Kier molecular flexibility index (Phi) is 7.88. The lowest BCUT2D eigenvalue weighted by Crippen LogP contribution is -2.02. The van der Waals surface area contributed by atoms with Crippen molar-refractivity contribution in [2.45, 2.75) is 53.9 Å². The molecule has 0 aliphatic carbocycles. The van der Waals surface area contributed by atoms with E-state index in [2.05, 4.69) is 102 Å². The minimum atomic E-state index is 0.393. The molecule has 2 atom stereocenters. The Bertz CT molecular complexity index is 608. The summed E-state index contributed by atoms with van der Waals surface area (Å²) in [5.74, 6) is 0.994. The van der Waals surface area contributed by atoms with E-state index >= 15 is 0 Å². The molecule has 23 heavy (non-hydrogen) atoms. The smallest absolute Gasteiger partial charge is 0.0482 e. The summed E-state index contributed by atoms with van der Waals surface area (Å²) in [4.78, 5) is 0. The van der Waals surface area contributed by atoms with Crippen LogP contribution in [0, 0.1) is 5.92 Å². The molecule has 1 aromatic rings. The van der Waals surface area contributed by atoms with Crippen molar-refractivity contribution in [3.8, 4) is 0 Å². The van der Waals surface area contributed by atoms with Crippen LogP contribution in [0.15, 0.2) is 30.4 Å². The van der Waals surface area contributed by atoms with Gasteiger partial charge in [0.2, 0.25) is 0 Å². The zero-order valence-electron chi connectivity index (χ0n) is 15.9. The van der Waals surface area contributed by atoms with Gasteiger partial charge < -0.3 is 4.57 Å². The van der Waals surface area contributed by atoms with Crippen molar-refractivity contribution < 1.29 is 0 Å². The van der Waals surface area contributed by atoms with Crippen LogP contribution >= 0.6 is 0 Å². The molecule has 1 nitrogen and oxygen atoms in total. The van der Waals surface area contributed by atoms with E-state index in [1.807, 2.05) is 0 Å².